The van der Waals surface area contributed by atoms with E-state index in [2.05, 4.69) is 0 Å². The van der Waals surface area contributed by atoms with Crippen LogP contribution in [-0.4, -0.2) is 33.5 Å². The summed E-state index contributed by atoms with van der Waals surface area (Å²) in [5, 5.41) is 21.5. The number of thioether (sulfide) groups is 1. The molecule has 0 saturated carbocycles. The molecule has 0 aliphatic carbocycles. The normalized spacial score (nSPS) is 31.0. The Morgan fingerprint density at radius 1 is 1.09 bits per heavy atom. The lowest BCUT2D eigenvalue weighted by Crippen LogP contribution is -2.57. The number of benzene rings is 2. The lowest BCUT2D eigenvalue weighted by Gasteiger charge is -2.44. The smallest absolute Gasteiger partial charge is 0.111 e. The van der Waals surface area contributed by atoms with Crippen molar-refractivity contribution >= 4 is 11.8 Å². The summed E-state index contributed by atoms with van der Waals surface area (Å²) in [7, 11) is 0. The third-order valence-corrected chi connectivity index (χ3v) is 5.33. The zero-order chi connectivity index (χ0) is 16.3. The number of hydrogen-bond donors (Lipinski definition) is 2. The van der Waals surface area contributed by atoms with Crippen LogP contribution >= 0.6 is 11.8 Å². The van der Waals surface area contributed by atoms with Crippen LogP contribution in [0, 0.1) is 0 Å². The molecule has 0 radical (unpaired) electrons. The van der Waals surface area contributed by atoms with Gasteiger partial charge in [0.15, 0.2) is 0 Å². The van der Waals surface area contributed by atoms with E-state index >= 15 is 0 Å². The molecule has 0 aromatic heterocycles. The van der Waals surface area contributed by atoms with Crippen molar-refractivity contribution in [1.82, 2.24) is 0 Å². The van der Waals surface area contributed by atoms with E-state index in [0.717, 1.165) is 10.5 Å². The second kappa shape index (κ2) is 7.05. The lowest BCUT2D eigenvalue weighted by atomic mass is 9.82. The SMILES string of the molecule is C[C@H]1O[C@@H](Sc2ccccc2)C[C@](O)(Cc2ccccc2)[C@H]1O. The van der Waals surface area contributed by atoms with Gasteiger partial charge in [-0.3, -0.25) is 0 Å². The van der Waals surface area contributed by atoms with Crippen LogP contribution in [0.4, 0.5) is 0 Å². The summed E-state index contributed by atoms with van der Waals surface area (Å²) in [6, 6.07) is 19.8. The van der Waals surface area contributed by atoms with Crippen molar-refractivity contribution in [3.05, 3.63) is 66.2 Å². The molecule has 1 fully saturated rings. The van der Waals surface area contributed by atoms with Gasteiger partial charge in [0.1, 0.15) is 17.1 Å². The van der Waals surface area contributed by atoms with E-state index in [4.69, 9.17) is 4.74 Å². The van der Waals surface area contributed by atoms with Crippen molar-refractivity contribution < 1.29 is 14.9 Å². The van der Waals surface area contributed by atoms with E-state index in [9.17, 15) is 10.2 Å². The zero-order valence-corrected chi connectivity index (χ0v) is 13.9. The highest BCUT2D eigenvalue weighted by Crippen LogP contribution is 2.39. The van der Waals surface area contributed by atoms with Gasteiger partial charge in [0.2, 0.25) is 0 Å². The number of aliphatic hydroxyl groups excluding tert-OH is 1. The van der Waals surface area contributed by atoms with Crippen LogP contribution in [0.2, 0.25) is 0 Å². The fourth-order valence-electron chi connectivity index (χ4n) is 3.05. The Labute approximate surface area is 141 Å². The first-order chi connectivity index (χ1) is 11.1. The molecule has 0 amide bonds. The summed E-state index contributed by atoms with van der Waals surface area (Å²) in [5.41, 5.74) is -0.331. The second-order valence-corrected chi connectivity index (χ2v) is 7.35. The minimum absolute atomic E-state index is 0.176. The largest absolute Gasteiger partial charge is 0.387 e. The van der Waals surface area contributed by atoms with Crippen LogP contribution in [0.15, 0.2) is 65.6 Å². The number of hydrogen-bond acceptors (Lipinski definition) is 4. The fourth-order valence-corrected chi connectivity index (χ4v) is 4.28. The third kappa shape index (κ3) is 3.96. The van der Waals surface area contributed by atoms with Crippen LogP contribution < -0.4 is 0 Å². The topological polar surface area (TPSA) is 49.7 Å². The summed E-state index contributed by atoms with van der Waals surface area (Å²) < 4.78 is 5.89. The van der Waals surface area contributed by atoms with Crippen molar-refractivity contribution in [2.75, 3.05) is 0 Å². The first kappa shape index (κ1) is 16.5. The van der Waals surface area contributed by atoms with Gasteiger partial charge in [-0.05, 0) is 24.6 Å². The number of rotatable bonds is 4. The van der Waals surface area contributed by atoms with E-state index in [0.29, 0.717) is 12.8 Å². The Balaban J connectivity index is 1.75. The van der Waals surface area contributed by atoms with Crippen molar-refractivity contribution in [2.45, 2.75) is 47.9 Å². The average molecular weight is 330 g/mol. The summed E-state index contributed by atoms with van der Waals surface area (Å²) in [5.74, 6) is 0. The monoisotopic (exact) mass is 330 g/mol. The van der Waals surface area contributed by atoms with E-state index in [-0.39, 0.29) is 5.44 Å². The Bertz CT molecular complexity index is 619. The Hall–Kier alpha value is -1.33. The molecule has 23 heavy (non-hydrogen) atoms. The molecule has 2 N–H and O–H groups in total. The standard InChI is InChI=1S/C19H22O3S/c1-14-18(20)19(21,12-15-8-4-2-5-9-15)13-17(22-14)23-16-10-6-3-7-11-16/h2-11,14,17-18,20-21H,12-13H2,1H3/t14-,17+,18+,19-/m1/s1. The lowest BCUT2D eigenvalue weighted by molar-refractivity contribution is -0.191. The van der Waals surface area contributed by atoms with Gasteiger partial charge < -0.3 is 14.9 Å². The van der Waals surface area contributed by atoms with Crippen LogP contribution in [0.25, 0.3) is 0 Å². The maximum absolute atomic E-state index is 11.1. The molecule has 2 aromatic rings. The Kier molecular flexibility index (Phi) is 5.07. The first-order valence-electron chi connectivity index (χ1n) is 7.88. The third-order valence-electron chi connectivity index (χ3n) is 4.25. The minimum Gasteiger partial charge on any atom is -0.387 e. The highest BCUT2D eigenvalue weighted by atomic mass is 32.2. The molecule has 1 aliphatic heterocycles. The van der Waals surface area contributed by atoms with Gasteiger partial charge in [0, 0.05) is 17.7 Å². The molecule has 0 unspecified atom stereocenters. The quantitative estimate of drug-likeness (QED) is 0.903. The highest BCUT2D eigenvalue weighted by molar-refractivity contribution is 7.99. The van der Waals surface area contributed by atoms with Crippen LogP contribution in [-0.2, 0) is 11.2 Å². The maximum atomic E-state index is 11.1. The van der Waals surface area contributed by atoms with Crippen molar-refractivity contribution in [1.29, 1.82) is 0 Å². The summed E-state index contributed by atoms with van der Waals surface area (Å²) in [4.78, 5) is 1.10. The number of ether oxygens (including phenoxy) is 1. The fraction of sp³-hybridized carbons (Fsp3) is 0.368. The Morgan fingerprint density at radius 2 is 1.70 bits per heavy atom. The van der Waals surface area contributed by atoms with Crippen LogP contribution in [0.5, 0.6) is 0 Å². The predicted molar refractivity (Wildman–Crippen MR) is 92.4 cm³/mol. The molecular weight excluding hydrogens is 308 g/mol. The summed E-state index contributed by atoms with van der Waals surface area (Å²) in [6.45, 7) is 1.82. The molecule has 0 bridgehead atoms. The van der Waals surface area contributed by atoms with Gasteiger partial charge in [-0.15, -0.1) is 0 Å². The van der Waals surface area contributed by atoms with Gasteiger partial charge in [0.25, 0.3) is 0 Å². The van der Waals surface area contributed by atoms with Gasteiger partial charge in [-0.2, -0.15) is 0 Å². The van der Waals surface area contributed by atoms with Gasteiger partial charge in [0.05, 0.1) is 6.10 Å². The number of aliphatic hydroxyl groups is 2. The van der Waals surface area contributed by atoms with E-state index in [1.807, 2.05) is 67.6 Å². The zero-order valence-electron chi connectivity index (χ0n) is 13.1. The second-order valence-electron chi connectivity index (χ2n) is 6.12. The molecule has 122 valence electrons. The minimum atomic E-state index is -1.18. The summed E-state index contributed by atoms with van der Waals surface area (Å²) in [6.07, 6.45) is -0.476. The van der Waals surface area contributed by atoms with Crippen molar-refractivity contribution in [3.63, 3.8) is 0 Å². The van der Waals surface area contributed by atoms with Crippen molar-refractivity contribution in [3.8, 4) is 0 Å². The average Bonchev–Trinajstić information content (AvgIpc) is 2.54. The highest BCUT2D eigenvalue weighted by Gasteiger charge is 2.46. The molecular formula is C19H22O3S. The Morgan fingerprint density at radius 3 is 2.35 bits per heavy atom. The molecule has 4 atom stereocenters. The molecule has 1 aliphatic rings. The summed E-state index contributed by atoms with van der Waals surface area (Å²) >= 11 is 1.59. The molecule has 2 aromatic carbocycles. The van der Waals surface area contributed by atoms with E-state index < -0.39 is 17.8 Å². The molecule has 3 rings (SSSR count). The van der Waals surface area contributed by atoms with Crippen LogP contribution in [0.1, 0.15) is 18.9 Å². The molecule has 3 nitrogen and oxygen atoms in total. The van der Waals surface area contributed by atoms with Crippen molar-refractivity contribution in [2.24, 2.45) is 0 Å². The van der Waals surface area contributed by atoms with Gasteiger partial charge in [-0.1, -0.05) is 60.3 Å². The van der Waals surface area contributed by atoms with Crippen LogP contribution in [0.3, 0.4) is 0 Å². The van der Waals surface area contributed by atoms with Gasteiger partial charge in [-0.25, -0.2) is 0 Å². The van der Waals surface area contributed by atoms with Gasteiger partial charge >= 0.3 is 0 Å². The molecule has 0 spiro atoms. The van der Waals surface area contributed by atoms with E-state index in [1.165, 1.54) is 0 Å². The molecule has 1 saturated heterocycles. The molecule has 1 heterocycles. The predicted octanol–water partition coefficient (Wildman–Crippen LogP) is 3.25. The molecule has 4 heteroatoms. The first-order valence-corrected chi connectivity index (χ1v) is 8.76. The van der Waals surface area contributed by atoms with E-state index in [1.54, 1.807) is 11.8 Å². The maximum Gasteiger partial charge on any atom is 0.111 e.